The highest BCUT2D eigenvalue weighted by atomic mass is 19.1. The van der Waals surface area contributed by atoms with Gasteiger partial charge in [0.2, 0.25) is 5.95 Å². The summed E-state index contributed by atoms with van der Waals surface area (Å²) in [7, 11) is 0. The molecule has 3 nitrogen and oxygen atoms in total. The third-order valence-electron chi connectivity index (χ3n) is 1.26. The Balaban J connectivity index is 3.05. The summed E-state index contributed by atoms with van der Waals surface area (Å²) >= 11 is 0. The Morgan fingerprint density at radius 1 is 1.73 bits per heavy atom. The van der Waals surface area contributed by atoms with Crippen LogP contribution in [0.15, 0.2) is 18.3 Å². The Hall–Kier alpha value is -1.47. The molecular formula is C7H6FN3. The summed E-state index contributed by atoms with van der Waals surface area (Å²) in [5, 5.41) is 8.34. The molecule has 1 aromatic heterocycles. The van der Waals surface area contributed by atoms with Crippen LogP contribution in [0.4, 0.5) is 4.39 Å². The lowest BCUT2D eigenvalue weighted by Crippen LogP contribution is -2.09. The molecule has 0 radical (unpaired) electrons. The van der Waals surface area contributed by atoms with Gasteiger partial charge in [0.05, 0.1) is 6.07 Å². The van der Waals surface area contributed by atoms with E-state index in [0.29, 0.717) is 0 Å². The topological polar surface area (TPSA) is 62.7 Å². The van der Waals surface area contributed by atoms with Crippen molar-refractivity contribution >= 4 is 0 Å². The molecular weight excluding hydrogens is 145 g/mol. The molecule has 56 valence electrons. The largest absolute Gasteiger partial charge is 0.312 e. The van der Waals surface area contributed by atoms with Crippen LogP contribution in [-0.2, 0) is 0 Å². The first-order chi connectivity index (χ1) is 5.25. The van der Waals surface area contributed by atoms with Crippen LogP contribution in [0.5, 0.6) is 0 Å². The van der Waals surface area contributed by atoms with Crippen molar-refractivity contribution in [3.8, 4) is 6.07 Å². The second kappa shape index (κ2) is 3.08. The highest BCUT2D eigenvalue weighted by Crippen LogP contribution is 2.10. The Kier molecular flexibility index (Phi) is 2.14. The van der Waals surface area contributed by atoms with Crippen molar-refractivity contribution in [3.05, 3.63) is 29.8 Å². The summed E-state index contributed by atoms with van der Waals surface area (Å²) < 4.78 is 12.7. The molecule has 0 aliphatic heterocycles. The number of halogens is 1. The van der Waals surface area contributed by atoms with Crippen LogP contribution < -0.4 is 5.73 Å². The summed E-state index contributed by atoms with van der Waals surface area (Å²) in [6.07, 6.45) is 1.31. The second-order valence-corrected chi connectivity index (χ2v) is 1.99. The van der Waals surface area contributed by atoms with Gasteiger partial charge in [-0.2, -0.15) is 9.65 Å². The van der Waals surface area contributed by atoms with Crippen molar-refractivity contribution in [1.29, 1.82) is 5.26 Å². The number of nitriles is 1. The molecule has 1 heterocycles. The molecule has 1 rings (SSSR count). The van der Waals surface area contributed by atoms with Gasteiger partial charge in [0, 0.05) is 11.8 Å². The SMILES string of the molecule is N#C[C@H](N)c1cccnc1F. The average Bonchev–Trinajstić information content (AvgIpc) is 2.04. The van der Waals surface area contributed by atoms with E-state index in [1.54, 1.807) is 6.07 Å². The maximum absolute atomic E-state index is 12.7. The van der Waals surface area contributed by atoms with E-state index >= 15 is 0 Å². The molecule has 0 fully saturated rings. The molecule has 0 aliphatic carbocycles. The van der Waals surface area contributed by atoms with Gasteiger partial charge in [0.25, 0.3) is 0 Å². The standard InChI is InChI=1S/C7H6FN3/c8-7-5(6(10)4-9)2-1-3-11-7/h1-3,6H,10H2/t6-/m0/s1. The third-order valence-corrected chi connectivity index (χ3v) is 1.26. The zero-order chi connectivity index (χ0) is 8.27. The maximum Gasteiger partial charge on any atom is 0.218 e. The molecule has 0 saturated carbocycles. The zero-order valence-electron chi connectivity index (χ0n) is 5.66. The second-order valence-electron chi connectivity index (χ2n) is 1.99. The van der Waals surface area contributed by atoms with E-state index in [2.05, 4.69) is 4.98 Å². The Morgan fingerprint density at radius 2 is 2.45 bits per heavy atom. The van der Waals surface area contributed by atoms with Crippen LogP contribution in [0.1, 0.15) is 11.6 Å². The number of hydrogen-bond acceptors (Lipinski definition) is 3. The molecule has 0 unspecified atom stereocenters. The van der Waals surface area contributed by atoms with Crippen LogP contribution in [-0.4, -0.2) is 4.98 Å². The molecule has 11 heavy (non-hydrogen) atoms. The van der Waals surface area contributed by atoms with E-state index in [0.717, 1.165) is 0 Å². The maximum atomic E-state index is 12.7. The van der Waals surface area contributed by atoms with Crippen molar-refractivity contribution in [3.63, 3.8) is 0 Å². The minimum absolute atomic E-state index is 0.134. The number of hydrogen-bond donors (Lipinski definition) is 1. The van der Waals surface area contributed by atoms with E-state index in [1.165, 1.54) is 18.3 Å². The van der Waals surface area contributed by atoms with Crippen LogP contribution in [0.25, 0.3) is 0 Å². The number of rotatable bonds is 1. The normalized spacial score (nSPS) is 12.1. The van der Waals surface area contributed by atoms with Gasteiger partial charge in [-0.25, -0.2) is 4.98 Å². The molecule has 1 aromatic rings. The smallest absolute Gasteiger partial charge is 0.218 e. The van der Waals surface area contributed by atoms with Gasteiger partial charge in [0.1, 0.15) is 6.04 Å². The molecule has 0 aromatic carbocycles. The van der Waals surface area contributed by atoms with Gasteiger partial charge >= 0.3 is 0 Å². The fraction of sp³-hybridized carbons (Fsp3) is 0.143. The van der Waals surface area contributed by atoms with Gasteiger partial charge in [-0.1, -0.05) is 6.07 Å². The summed E-state index contributed by atoms with van der Waals surface area (Å²) in [6.45, 7) is 0. The number of nitrogens with two attached hydrogens (primary N) is 1. The number of nitrogens with zero attached hydrogens (tertiary/aromatic N) is 2. The lowest BCUT2D eigenvalue weighted by Gasteiger charge is -2.01. The molecule has 0 saturated heterocycles. The predicted molar refractivity (Wildman–Crippen MR) is 36.7 cm³/mol. The van der Waals surface area contributed by atoms with E-state index < -0.39 is 12.0 Å². The van der Waals surface area contributed by atoms with Crippen LogP contribution in [0.2, 0.25) is 0 Å². The van der Waals surface area contributed by atoms with Gasteiger partial charge in [-0.05, 0) is 6.07 Å². The first kappa shape index (κ1) is 7.63. The van der Waals surface area contributed by atoms with Crippen molar-refractivity contribution in [2.24, 2.45) is 5.73 Å². The Bertz CT molecular complexity index is 292. The van der Waals surface area contributed by atoms with E-state index in [4.69, 9.17) is 11.0 Å². The predicted octanol–water partition coefficient (Wildman–Crippen LogP) is 0.744. The van der Waals surface area contributed by atoms with Crippen molar-refractivity contribution in [1.82, 2.24) is 4.98 Å². The van der Waals surface area contributed by atoms with E-state index in [-0.39, 0.29) is 5.56 Å². The summed E-state index contributed by atoms with van der Waals surface area (Å²) in [5.74, 6) is -0.679. The lowest BCUT2D eigenvalue weighted by molar-refractivity contribution is 0.561. The first-order valence-electron chi connectivity index (χ1n) is 3.01. The monoisotopic (exact) mass is 151 g/mol. The van der Waals surface area contributed by atoms with Crippen LogP contribution in [0.3, 0.4) is 0 Å². The highest BCUT2D eigenvalue weighted by Gasteiger charge is 2.09. The van der Waals surface area contributed by atoms with Crippen molar-refractivity contribution in [2.45, 2.75) is 6.04 Å². The molecule has 0 spiro atoms. The number of pyridine rings is 1. The molecule has 1 atom stereocenters. The molecule has 0 bridgehead atoms. The minimum Gasteiger partial charge on any atom is -0.312 e. The first-order valence-corrected chi connectivity index (χ1v) is 3.01. The van der Waals surface area contributed by atoms with Gasteiger partial charge in [0.15, 0.2) is 0 Å². The quantitative estimate of drug-likeness (QED) is 0.602. The zero-order valence-corrected chi connectivity index (χ0v) is 5.66. The fourth-order valence-corrected chi connectivity index (χ4v) is 0.700. The number of aromatic nitrogens is 1. The molecule has 0 amide bonds. The lowest BCUT2D eigenvalue weighted by atomic mass is 10.1. The molecule has 2 N–H and O–H groups in total. The van der Waals surface area contributed by atoms with Gasteiger partial charge < -0.3 is 5.73 Å². The fourth-order valence-electron chi connectivity index (χ4n) is 0.700. The Morgan fingerprint density at radius 3 is 3.00 bits per heavy atom. The molecule has 0 aliphatic rings. The van der Waals surface area contributed by atoms with Crippen LogP contribution in [0, 0.1) is 17.3 Å². The van der Waals surface area contributed by atoms with E-state index in [1.807, 2.05) is 0 Å². The summed E-state index contributed by atoms with van der Waals surface area (Å²) in [5.41, 5.74) is 5.39. The van der Waals surface area contributed by atoms with Gasteiger partial charge in [-0.15, -0.1) is 0 Å². The average molecular weight is 151 g/mol. The minimum atomic E-state index is -0.927. The Labute approximate surface area is 63.3 Å². The van der Waals surface area contributed by atoms with Crippen molar-refractivity contribution < 1.29 is 4.39 Å². The third kappa shape index (κ3) is 1.51. The summed E-state index contributed by atoms with van der Waals surface area (Å²) in [4.78, 5) is 3.35. The molecule has 4 heteroatoms. The van der Waals surface area contributed by atoms with Crippen LogP contribution >= 0.6 is 0 Å². The van der Waals surface area contributed by atoms with Gasteiger partial charge in [-0.3, -0.25) is 0 Å². The highest BCUT2D eigenvalue weighted by molar-refractivity contribution is 5.20. The van der Waals surface area contributed by atoms with E-state index in [9.17, 15) is 4.39 Å². The summed E-state index contributed by atoms with van der Waals surface area (Å²) in [6, 6.07) is 3.77. The van der Waals surface area contributed by atoms with Crippen molar-refractivity contribution in [2.75, 3.05) is 0 Å².